The topological polar surface area (TPSA) is 71.2 Å². The van der Waals surface area contributed by atoms with Gasteiger partial charge in [0.15, 0.2) is 5.82 Å². The first kappa shape index (κ1) is 19.4. The van der Waals surface area contributed by atoms with E-state index in [1.165, 1.54) is 11.1 Å². The van der Waals surface area contributed by atoms with E-state index in [0.717, 1.165) is 11.0 Å². The lowest BCUT2D eigenvalue weighted by Crippen LogP contribution is -2.45. The lowest BCUT2D eigenvalue weighted by atomic mass is 10.1. The van der Waals surface area contributed by atoms with Crippen molar-refractivity contribution >= 4 is 22.9 Å². The summed E-state index contributed by atoms with van der Waals surface area (Å²) in [6.45, 7) is 5.06. The van der Waals surface area contributed by atoms with Crippen LogP contribution >= 0.6 is 0 Å². The van der Waals surface area contributed by atoms with Crippen LogP contribution in [0.15, 0.2) is 42.6 Å². The Morgan fingerprint density at radius 3 is 2.57 bits per heavy atom. The summed E-state index contributed by atoms with van der Waals surface area (Å²) in [5.74, 6) is 6.75. The van der Waals surface area contributed by atoms with Crippen LogP contribution in [-0.4, -0.2) is 37.9 Å². The van der Waals surface area contributed by atoms with Crippen molar-refractivity contribution in [3.8, 4) is 11.8 Å². The van der Waals surface area contributed by atoms with Crippen molar-refractivity contribution in [3.05, 3.63) is 54.0 Å². The molecule has 0 saturated carbocycles. The Morgan fingerprint density at radius 1 is 1.21 bits per heavy atom. The third-order valence-electron chi connectivity index (χ3n) is 4.12. The molecule has 28 heavy (non-hydrogen) atoms. The van der Waals surface area contributed by atoms with Crippen LogP contribution in [0.5, 0.6) is 0 Å². The van der Waals surface area contributed by atoms with Gasteiger partial charge in [-0.25, -0.2) is 19.2 Å². The summed E-state index contributed by atoms with van der Waals surface area (Å²) in [4.78, 5) is 21.4. The maximum Gasteiger partial charge on any atom is 0.413 e. The molecule has 3 aromatic rings. The largest absolute Gasteiger partial charge is 0.465 e. The Labute approximate surface area is 162 Å². The van der Waals surface area contributed by atoms with Gasteiger partial charge in [0.25, 0.3) is 0 Å². The molecule has 0 radical (unpaired) electrons. The van der Waals surface area contributed by atoms with Crippen LogP contribution < -0.4 is 4.90 Å². The standard InChI is InChI=1S/C21H21FN4O2/c1-21(2,3)26(20(27)28)18-10-8-15(14-23-18)9-11-19-24-16-6-4-5-7-17(16)25(19)13-12-22/h4-8,10,14H,12-13H2,1-3H3,(H,27,28). The van der Waals surface area contributed by atoms with E-state index in [9.17, 15) is 14.3 Å². The Balaban J connectivity index is 1.92. The number of hydrogen-bond acceptors (Lipinski definition) is 3. The highest BCUT2D eigenvalue weighted by molar-refractivity contribution is 5.86. The van der Waals surface area contributed by atoms with Gasteiger partial charge in [0, 0.05) is 17.3 Å². The van der Waals surface area contributed by atoms with Gasteiger partial charge in [-0.1, -0.05) is 18.1 Å². The van der Waals surface area contributed by atoms with Crippen LogP contribution in [0, 0.1) is 11.8 Å². The number of anilines is 1. The van der Waals surface area contributed by atoms with Crippen molar-refractivity contribution in [3.63, 3.8) is 0 Å². The number of alkyl halides is 1. The van der Waals surface area contributed by atoms with Gasteiger partial charge in [-0.2, -0.15) is 0 Å². The molecular formula is C21H21FN4O2. The molecule has 3 rings (SSSR count). The number of pyridine rings is 1. The number of hydrogen-bond donors (Lipinski definition) is 1. The number of benzene rings is 1. The number of nitrogens with zero attached hydrogens (tertiary/aromatic N) is 4. The molecule has 1 amide bonds. The Kier molecular flexibility index (Phi) is 5.32. The highest BCUT2D eigenvalue weighted by atomic mass is 19.1. The van der Waals surface area contributed by atoms with Crippen molar-refractivity contribution < 1.29 is 14.3 Å². The zero-order chi connectivity index (χ0) is 20.3. The van der Waals surface area contributed by atoms with E-state index in [4.69, 9.17) is 0 Å². The van der Waals surface area contributed by atoms with Crippen LogP contribution in [0.2, 0.25) is 0 Å². The Morgan fingerprint density at radius 2 is 1.96 bits per heavy atom. The zero-order valence-corrected chi connectivity index (χ0v) is 16.0. The summed E-state index contributed by atoms with van der Waals surface area (Å²) in [5.41, 5.74) is 1.58. The SMILES string of the molecule is CC(C)(C)N(C(=O)O)c1ccc(C#Cc2nc3ccccc3n2CCF)cn1. The number of carboxylic acid groups (broad SMARTS) is 1. The number of amides is 1. The van der Waals surface area contributed by atoms with E-state index in [0.29, 0.717) is 17.2 Å². The minimum atomic E-state index is -1.07. The highest BCUT2D eigenvalue weighted by Gasteiger charge is 2.28. The van der Waals surface area contributed by atoms with Gasteiger partial charge in [-0.3, -0.25) is 4.90 Å². The lowest BCUT2D eigenvalue weighted by Gasteiger charge is -2.31. The quantitative estimate of drug-likeness (QED) is 0.695. The number of fused-ring (bicyclic) bond motifs is 1. The van der Waals surface area contributed by atoms with Crippen LogP contribution in [-0.2, 0) is 6.54 Å². The number of halogens is 1. The first-order chi connectivity index (χ1) is 13.3. The Hall–Kier alpha value is -3.40. The maximum atomic E-state index is 12.9. The molecule has 0 aliphatic rings. The normalized spacial score (nSPS) is 11.1. The lowest BCUT2D eigenvalue weighted by molar-refractivity contribution is 0.195. The molecule has 0 saturated heterocycles. The fraction of sp³-hybridized carbons (Fsp3) is 0.286. The fourth-order valence-electron chi connectivity index (χ4n) is 2.93. The van der Waals surface area contributed by atoms with Crippen molar-refractivity contribution in [1.29, 1.82) is 0 Å². The first-order valence-corrected chi connectivity index (χ1v) is 8.83. The van der Waals surface area contributed by atoms with E-state index in [1.807, 2.05) is 24.3 Å². The van der Waals surface area contributed by atoms with Gasteiger partial charge in [-0.05, 0) is 51.0 Å². The molecule has 144 valence electrons. The van der Waals surface area contributed by atoms with Crippen LogP contribution in [0.3, 0.4) is 0 Å². The average Bonchev–Trinajstić information content (AvgIpc) is 2.98. The number of aryl methyl sites for hydroxylation is 1. The molecule has 1 aromatic carbocycles. The molecule has 0 fully saturated rings. The summed E-state index contributed by atoms with van der Waals surface area (Å²) in [6.07, 6.45) is 0.449. The van der Waals surface area contributed by atoms with Crippen LogP contribution in [0.4, 0.5) is 15.0 Å². The molecular weight excluding hydrogens is 359 g/mol. The number of imidazole rings is 1. The highest BCUT2D eigenvalue weighted by Crippen LogP contribution is 2.22. The molecule has 0 spiro atoms. The Bertz CT molecular complexity index is 1060. The maximum absolute atomic E-state index is 12.9. The molecule has 0 aliphatic carbocycles. The van der Waals surface area contributed by atoms with Gasteiger partial charge in [-0.15, -0.1) is 0 Å². The zero-order valence-electron chi connectivity index (χ0n) is 16.0. The van der Waals surface area contributed by atoms with Gasteiger partial charge in [0.05, 0.1) is 17.6 Å². The second-order valence-corrected chi connectivity index (χ2v) is 7.21. The van der Waals surface area contributed by atoms with Gasteiger partial charge < -0.3 is 9.67 Å². The van der Waals surface area contributed by atoms with E-state index >= 15 is 0 Å². The first-order valence-electron chi connectivity index (χ1n) is 8.83. The number of aromatic nitrogens is 3. The van der Waals surface area contributed by atoms with Crippen molar-refractivity contribution in [1.82, 2.24) is 14.5 Å². The minimum absolute atomic E-state index is 0.181. The smallest absolute Gasteiger partial charge is 0.413 e. The molecule has 1 N–H and O–H groups in total. The molecule has 0 atom stereocenters. The second kappa shape index (κ2) is 7.69. The van der Waals surface area contributed by atoms with E-state index in [1.54, 1.807) is 37.5 Å². The predicted molar refractivity (Wildman–Crippen MR) is 106 cm³/mol. The fourth-order valence-corrected chi connectivity index (χ4v) is 2.93. The summed E-state index contributed by atoms with van der Waals surface area (Å²) in [7, 11) is 0. The van der Waals surface area contributed by atoms with Gasteiger partial charge in [0.2, 0.25) is 0 Å². The average molecular weight is 380 g/mol. The number of para-hydroxylation sites is 2. The van der Waals surface area contributed by atoms with Crippen LogP contribution in [0.1, 0.15) is 32.2 Å². The summed E-state index contributed by atoms with van der Waals surface area (Å²) >= 11 is 0. The number of rotatable bonds is 3. The van der Waals surface area contributed by atoms with Gasteiger partial charge >= 0.3 is 6.09 Å². The van der Waals surface area contributed by atoms with Crippen molar-refractivity contribution in [2.45, 2.75) is 32.9 Å². The summed E-state index contributed by atoms with van der Waals surface area (Å²) in [6, 6.07) is 10.8. The summed E-state index contributed by atoms with van der Waals surface area (Å²) in [5, 5.41) is 9.45. The second-order valence-electron chi connectivity index (χ2n) is 7.21. The number of carbonyl (C=O) groups is 1. The van der Waals surface area contributed by atoms with Crippen LogP contribution in [0.25, 0.3) is 11.0 Å². The minimum Gasteiger partial charge on any atom is -0.465 e. The molecule has 6 nitrogen and oxygen atoms in total. The predicted octanol–water partition coefficient (Wildman–Crippen LogP) is 4.08. The van der Waals surface area contributed by atoms with Gasteiger partial charge in [0.1, 0.15) is 12.5 Å². The summed E-state index contributed by atoms with van der Waals surface area (Å²) < 4.78 is 14.7. The van der Waals surface area contributed by atoms with E-state index in [2.05, 4.69) is 21.8 Å². The molecule has 2 heterocycles. The molecule has 0 unspecified atom stereocenters. The monoisotopic (exact) mass is 380 g/mol. The van der Waals surface area contributed by atoms with Crippen molar-refractivity contribution in [2.75, 3.05) is 11.6 Å². The molecule has 0 bridgehead atoms. The molecule has 2 aromatic heterocycles. The molecule has 0 aliphatic heterocycles. The third kappa shape index (κ3) is 3.96. The van der Waals surface area contributed by atoms with E-state index in [-0.39, 0.29) is 6.54 Å². The van der Waals surface area contributed by atoms with E-state index < -0.39 is 18.3 Å². The third-order valence-corrected chi connectivity index (χ3v) is 4.12. The molecule has 7 heteroatoms. The van der Waals surface area contributed by atoms with Crippen molar-refractivity contribution in [2.24, 2.45) is 0 Å².